The van der Waals surface area contributed by atoms with Crippen LogP contribution in [0.5, 0.6) is 0 Å². The van der Waals surface area contributed by atoms with E-state index in [1.54, 1.807) is 14.0 Å². The standard InChI is InChI=1S/C33H46N4O5.C31H42N4O4/c1-41-15-16-42-35-29(13-14-31(38)39)32-33(40)37(30-12-5-4-11-28(30)34-32)27-20-24-9-6-10-25(21-27)36(24)26-18-22-7-2-3-8-23(17-22)19-26;1-19(33-39-31(2,3)30(37)38)28-29(36)35(27-11-7-6-10-26(27)32-28)25-17-22-12-13-23(18-25)34(22)24-15-20-8-4-5-9-21(14-20)16-24/h4-5,11-12,22-27H,2-3,6-10,13-21H2,1H3,(H,38,39);6-7,10-11,20-25H,4-5,8-9,12-18H2,1-3H3,(H,37,38)/b35-29+;33-19+/t22?,23?,24-,25+,26?,27?;20?,21?,22-,23+,24?,25?. The van der Waals surface area contributed by atoms with Gasteiger partial charge in [0.25, 0.3) is 11.1 Å². The molecule has 4 saturated heterocycles. The second kappa shape index (κ2) is 25.1. The molecule has 17 nitrogen and oxygen atoms in total. The van der Waals surface area contributed by atoms with Gasteiger partial charge in [0.2, 0.25) is 5.60 Å². The molecule has 8 bridgehead atoms. The molecule has 10 atom stereocenters. The average Bonchev–Trinajstić information content (AvgIpc) is 3.58. The first kappa shape index (κ1) is 57.3. The molecular formula is C64H88N8O9. The Bertz CT molecular complexity index is 3030. The van der Waals surface area contributed by atoms with Gasteiger partial charge in [-0.1, -0.05) is 92.4 Å². The lowest BCUT2D eigenvalue weighted by Crippen LogP contribution is -2.58. The van der Waals surface area contributed by atoms with Gasteiger partial charge in [0.05, 0.1) is 35.1 Å². The van der Waals surface area contributed by atoms with E-state index in [1.807, 2.05) is 57.7 Å². The summed E-state index contributed by atoms with van der Waals surface area (Å²) in [7, 11) is 1.57. The number of para-hydroxylation sites is 4. The highest BCUT2D eigenvalue weighted by molar-refractivity contribution is 6.01. The Morgan fingerprint density at radius 3 is 1.48 bits per heavy atom. The molecule has 2 aromatic carbocycles. The van der Waals surface area contributed by atoms with Crippen LogP contribution in [0.25, 0.3) is 22.1 Å². The zero-order valence-corrected chi connectivity index (χ0v) is 48.5. The molecule has 2 aromatic heterocycles. The van der Waals surface area contributed by atoms with E-state index in [4.69, 9.17) is 19.4 Å². The van der Waals surface area contributed by atoms with Crippen LogP contribution < -0.4 is 11.1 Å². The molecule has 438 valence electrons. The number of ether oxygens (including phenoxy) is 1. The Kier molecular flexibility index (Phi) is 17.8. The van der Waals surface area contributed by atoms with Gasteiger partial charge < -0.3 is 33.8 Å². The fourth-order valence-electron chi connectivity index (χ4n) is 16.8. The van der Waals surface area contributed by atoms with Gasteiger partial charge in [-0.15, -0.1) is 0 Å². The zero-order valence-electron chi connectivity index (χ0n) is 48.5. The molecule has 6 heterocycles. The Morgan fingerprint density at radius 2 is 1.01 bits per heavy atom. The van der Waals surface area contributed by atoms with E-state index in [0.717, 1.165) is 71.4 Å². The van der Waals surface area contributed by atoms with Crippen LogP contribution in [-0.4, -0.2) is 125 Å². The van der Waals surface area contributed by atoms with Crippen molar-refractivity contribution in [3.05, 3.63) is 80.6 Å². The normalized spacial score (nSPS) is 30.9. The number of aromatic nitrogens is 4. The number of carboxylic acid groups (broad SMARTS) is 2. The second-order valence-corrected chi connectivity index (χ2v) is 26.1. The lowest BCUT2D eigenvalue weighted by atomic mass is 9.73. The summed E-state index contributed by atoms with van der Waals surface area (Å²) < 4.78 is 8.97. The summed E-state index contributed by atoms with van der Waals surface area (Å²) in [5, 5.41) is 27.0. The van der Waals surface area contributed by atoms with E-state index >= 15 is 0 Å². The summed E-state index contributed by atoms with van der Waals surface area (Å²) in [6.07, 6.45) is 29.4. The van der Waals surface area contributed by atoms with Crippen molar-refractivity contribution in [3.8, 4) is 0 Å². The maximum atomic E-state index is 14.3. The fraction of sp³-hybridized carbons (Fsp3) is 0.688. The molecule has 4 aliphatic carbocycles. The van der Waals surface area contributed by atoms with Crippen LogP contribution in [0.1, 0.15) is 205 Å². The van der Waals surface area contributed by atoms with Crippen molar-refractivity contribution in [1.29, 1.82) is 0 Å². The monoisotopic (exact) mass is 1110 g/mol. The minimum absolute atomic E-state index is 0.0661. The molecule has 0 radical (unpaired) electrons. The summed E-state index contributed by atoms with van der Waals surface area (Å²) >= 11 is 0. The first-order valence-electron chi connectivity index (χ1n) is 31.2. The van der Waals surface area contributed by atoms with Gasteiger partial charge >= 0.3 is 11.9 Å². The van der Waals surface area contributed by atoms with Crippen molar-refractivity contribution in [2.45, 2.75) is 235 Å². The third kappa shape index (κ3) is 12.6. The van der Waals surface area contributed by atoms with Crippen molar-refractivity contribution in [1.82, 2.24) is 28.9 Å². The molecule has 12 rings (SSSR count). The quantitative estimate of drug-likeness (QED) is 0.0610. The molecular weight excluding hydrogens is 1020 g/mol. The molecule has 4 aliphatic heterocycles. The van der Waals surface area contributed by atoms with Crippen LogP contribution in [-0.2, 0) is 24.0 Å². The number of fused-ring (bicyclic) bond motifs is 10. The van der Waals surface area contributed by atoms with Crippen LogP contribution >= 0.6 is 0 Å². The van der Waals surface area contributed by atoms with E-state index < -0.39 is 17.5 Å². The summed E-state index contributed by atoms with van der Waals surface area (Å²) in [4.78, 5) is 77.2. The Labute approximate surface area is 476 Å². The van der Waals surface area contributed by atoms with Crippen molar-refractivity contribution in [2.24, 2.45) is 34.0 Å². The molecule has 2 N–H and O–H groups in total. The molecule has 4 aromatic rings. The van der Waals surface area contributed by atoms with Crippen LogP contribution in [0.3, 0.4) is 0 Å². The van der Waals surface area contributed by atoms with Crippen LogP contribution in [0.4, 0.5) is 0 Å². The summed E-state index contributed by atoms with van der Waals surface area (Å²) in [5.41, 5.74) is 2.26. The van der Waals surface area contributed by atoms with Crippen molar-refractivity contribution >= 4 is 45.4 Å². The Balaban J connectivity index is 0.000000171. The molecule has 17 heteroatoms. The van der Waals surface area contributed by atoms with Gasteiger partial charge in [-0.25, -0.2) is 14.8 Å². The molecule has 4 saturated carbocycles. The smallest absolute Gasteiger partial charge is 0.350 e. The number of nitrogens with zero attached hydrogens (tertiary/aromatic N) is 8. The largest absolute Gasteiger partial charge is 0.481 e. The van der Waals surface area contributed by atoms with Crippen LogP contribution in [0, 0.1) is 23.7 Å². The van der Waals surface area contributed by atoms with E-state index in [9.17, 15) is 29.4 Å². The van der Waals surface area contributed by atoms with Crippen molar-refractivity contribution in [3.63, 3.8) is 0 Å². The SMILES string of the molecule is C/C(=N\OC(C)(C)C(=O)O)c1nc2ccccc2n(C2C[C@H]3CC[C@@H](C2)N3C2CC3CCCCC(C3)C2)c1=O.COCCO/N=C(\CCC(=O)O)c1nc2ccccc2n(C2C[C@H]3CCC[C@@H](C2)N3C2CC3CCCCC(C3)C2)c1=O. The molecule has 0 amide bonds. The highest BCUT2D eigenvalue weighted by atomic mass is 16.7. The third-order valence-corrected chi connectivity index (χ3v) is 20.3. The van der Waals surface area contributed by atoms with Gasteiger partial charge in [-0.05, 0) is 159 Å². The van der Waals surface area contributed by atoms with Gasteiger partial charge in [0.15, 0.2) is 11.4 Å². The topological polar surface area (TPSA) is 203 Å². The number of aliphatic carboxylic acids is 2. The Hall–Kier alpha value is -5.52. The van der Waals surface area contributed by atoms with Crippen molar-refractivity contribution < 1.29 is 34.2 Å². The lowest BCUT2D eigenvalue weighted by Gasteiger charge is -2.54. The number of hydrogen-bond donors (Lipinski definition) is 2. The number of benzene rings is 2. The second-order valence-electron chi connectivity index (χ2n) is 26.1. The van der Waals surface area contributed by atoms with E-state index in [2.05, 4.69) is 25.1 Å². The number of carboxylic acids is 2. The van der Waals surface area contributed by atoms with E-state index in [-0.39, 0.29) is 59.8 Å². The van der Waals surface area contributed by atoms with Crippen molar-refractivity contribution in [2.75, 3.05) is 20.3 Å². The minimum atomic E-state index is -1.50. The first-order valence-corrected chi connectivity index (χ1v) is 31.2. The maximum absolute atomic E-state index is 14.3. The van der Waals surface area contributed by atoms with Crippen LogP contribution in [0.15, 0.2) is 68.4 Å². The first-order chi connectivity index (χ1) is 39.2. The number of oxime groups is 2. The number of hydrogen-bond acceptors (Lipinski definition) is 13. The lowest BCUT2D eigenvalue weighted by molar-refractivity contribution is -0.161. The summed E-state index contributed by atoms with van der Waals surface area (Å²) in [6.45, 7) is 5.08. The van der Waals surface area contributed by atoms with Gasteiger partial charge in [0.1, 0.15) is 18.0 Å². The van der Waals surface area contributed by atoms with Gasteiger partial charge in [-0.2, -0.15) is 0 Å². The minimum Gasteiger partial charge on any atom is -0.481 e. The zero-order chi connectivity index (χ0) is 56.4. The maximum Gasteiger partial charge on any atom is 0.350 e. The molecule has 8 fully saturated rings. The summed E-state index contributed by atoms with van der Waals surface area (Å²) in [6, 6.07) is 19.2. The number of carbonyl (C=O) groups is 2. The Morgan fingerprint density at radius 1 is 0.556 bits per heavy atom. The fourth-order valence-corrected chi connectivity index (χ4v) is 16.8. The van der Waals surface area contributed by atoms with Gasteiger partial charge in [-0.3, -0.25) is 24.2 Å². The molecule has 81 heavy (non-hydrogen) atoms. The number of methoxy groups -OCH3 is 1. The van der Waals surface area contributed by atoms with E-state index in [1.165, 1.54) is 136 Å². The number of piperidine rings is 3. The highest BCUT2D eigenvalue weighted by Gasteiger charge is 2.48. The molecule has 0 spiro atoms. The predicted octanol–water partition coefficient (Wildman–Crippen LogP) is 11.1. The third-order valence-electron chi connectivity index (χ3n) is 20.3. The van der Waals surface area contributed by atoms with Gasteiger partial charge in [0, 0.05) is 61.9 Å². The van der Waals surface area contributed by atoms with E-state index in [0.29, 0.717) is 48.6 Å². The predicted molar refractivity (Wildman–Crippen MR) is 313 cm³/mol. The van der Waals surface area contributed by atoms with Crippen LogP contribution in [0.2, 0.25) is 0 Å². The highest BCUT2D eigenvalue weighted by Crippen LogP contribution is 2.49. The molecule has 8 aliphatic rings. The average molecular weight is 1110 g/mol. The molecule has 6 unspecified atom stereocenters. The summed E-state index contributed by atoms with van der Waals surface area (Å²) in [5.74, 6) is 1.50. The number of rotatable bonds is 16.